The molecule has 3 N–H and O–H groups in total. The second kappa shape index (κ2) is 9.62. The van der Waals surface area contributed by atoms with Crippen molar-refractivity contribution >= 4 is 22.4 Å². The molecule has 2 aliphatic rings. The molecule has 0 aromatic heterocycles. The first-order valence-electron chi connectivity index (χ1n) is 8.75. The molecular formula is C17H27ClN2O6S. The number of nitrogens with one attached hydrogen (secondary N) is 1. The average molecular weight is 423 g/mol. The van der Waals surface area contributed by atoms with Crippen LogP contribution in [0.4, 0.5) is 0 Å². The number of benzene rings is 1. The van der Waals surface area contributed by atoms with Crippen molar-refractivity contribution in [1.29, 1.82) is 0 Å². The predicted molar refractivity (Wildman–Crippen MR) is 102 cm³/mol. The molecule has 154 valence electrons. The van der Waals surface area contributed by atoms with E-state index in [2.05, 4.69) is 4.72 Å². The lowest BCUT2D eigenvalue weighted by Gasteiger charge is -2.36. The van der Waals surface area contributed by atoms with Gasteiger partial charge in [0.15, 0.2) is 0 Å². The van der Waals surface area contributed by atoms with Gasteiger partial charge >= 0.3 is 0 Å². The van der Waals surface area contributed by atoms with Gasteiger partial charge in [-0.1, -0.05) is 17.7 Å². The molecule has 1 aromatic rings. The lowest BCUT2D eigenvalue weighted by molar-refractivity contribution is -0.0207. The summed E-state index contributed by atoms with van der Waals surface area (Å²) in [6.07, 6.45) is -2.16. The summed E-state index contributed by atoms with van der Waals surface area (Å²) < 4.78 is 38.6. The second-order valence-corrected chi connectivity index (χ2v) is 8.46. The van der Waals surface area contributed by atoms with Crippen LogP contribution in [-0.2, 0) is 19.5 Å². The molecule has 0 amide bonds. The molecule has 2 aliphatic heterocycles. The lowest BCUT2D eigenvalue weighted by Crippen LogP contribution is -2.54. The number of aryl methyl sites for hydroxylation is 1. The smallest absolute Gasteiger partial charge is 0.240 e. The first-order chi connectivity index (χ1) is 12.4. The molecule has 8 nitrogen and oxygen atoms in total. The van der Waals surface area contributed by atoms with Gasteiger partial charge in [-0.3, -0.25) is 4.90 Å². The zero-order valence-corrected chi connectivity index (χ0v) is 16.8. The number of aliphatic hydroxyl groups excluding tert-OH is 2. The van der Waals surface area contributed by atoms with Crippen molar-refractivity contribution in [2.24, 2.45) is 0 Å². The minimum atomic E-state index is -3.68. The third-order valence-electron chi connectivity index (χ3n) is 4.91. The molecule has 1 aromatic carbocycles. The zero-order chi connectivity index (χ0) is 18.7. The van der Waals surface area contributed by atoms with Crippen LogP contribution in [0.1, 0.15) is 5.56 Å². The van der Waals surface area contributed by atoms with E-state index in [1.54, 1.807) is 24.3 Å². The molecule has 27 heavy (non-hydrogen) atoms. The third kappa shape index (κ3) is 5.18. The van der Waals surface area contributed by atoms with Crippen molar-refractivity contribution in [3.8, 4) is 0 Å². The topological polar surface area (TPSA) is 108 Å². The van der Waals surface area contributed by atoms with Crippen LogP contribution < -0.4 is 4.72 Å². The molecule has 10 heteroatoms. The Kier molecular flexibility index (Phi) is 8.02. The first-order valence-corrected chi connectivity index (χ1v) is 10.2. The number of morpholine rings is 1. The summed E-state index contributed by atoms with van der Waals surface area (Å²) in [6, 6.07) is 6.19. The van der Waals surface area contributed by atoms with E-state index in [9.17, 15) is 18.6 Å². The SMILES string of the molecule is Cc1ccc(S(=O)(=O)NC[C@H]2O[C@@H](CO)[C@@H](O)[C@H]2N2CCOCC2)cc1.Cl. The Morgan fingerprint density at radius 3 is 2.41 bits per heavy atom. The van der Waals surface area contributed by atoms with Crippen LogP contribution in [-0.4, -0.2) is 87.3 Å². The van der Waals surface area contributed by atoms with E-state index in [4.69, 9.17) is 9.47 Å². The molecule has 0 saturated carbocycles. The van der Waals surface area contributed by atoms with Crippen LogP contribution in [0.2, 0.25) is 0 Å². The maximum Gasteiger partial charge on any atom is 0.240 e. The Balaban J connectivity index is 0.00000261. The Bertz CT molecular complexity index is 696. The van der Waals surface area contributed by atoms with Crippen molar-refractivity contribution in [3.63, 3.8) is 0 Å². The fourth-order valence-electron chi connectivity index (χ4n) is 3.46. The largest absolute Gasteiger partial charge is 0.394 e. The van der Waals surface area contributed by atoms with E-state index >= 15 is 0 Å². The Labute approximate surface area is 165 Å². The van der Waals surface area contributed by atoms with Crippen LogP contribution >= 0.6 is 12.4 Å². The van der Waals surface area contributed by atoms with E-state index < -0.39 is 34.4 Å². The molecule has 0 radical (unpaired) electrons. The molecule has 0 unspecified atom stereocenters. The number of nitrogens with zero attached hydrogens (tertiary/aromatic N) is 1. The Morgan fingerprint density at radius 2 is 1.81 bits per heavy atom. The van der Waals surface area contributed by atoms with Crippen LogP contribution in [0.15, 0.2) is 29.2 Å². The molecule has 2 saturated heterocycles. The van der Waals surface area contributed by atoms with Gasteiger partial charge in [-0.15, -0.1) is 12.4 Å². The van der Waals surface area contributed by atoms with Gasteiger partial charge in [0.05, 0.1) is 36.9 Å². The highest BCUT2D eigenvalue weighted by atomic mass is 35.5. The van der Waals surface area contributed by atoms with Crippen molar-refractivity contribution in [2.75, 3.05) is 39.5 Å². The number of aliphatic hydroxyl groups is 2. The number of halogens is 1. The lowest BCUT2D eigenvalue weighted by atomic mass is 10.0. The van der Waals surface area contributed by atoms with E-state index in [0.717, 1.165) is 5.56 Å². The van der Waals surface area contributed by atoms with Gasteiger partial charge < -0.3 is 19.7 Å². The Morgan fingerprint density at radius 1 is 1.19 bits per heavy atom. The van der Waals surface area contributed by atoms with Crippen LogP contribution in [0.5, 0.6) is 0 Å². The highest BCUT2D eigenvalue weighted by Gasteiger charge is 2.46. The van der Waals surface area contributed by atoms with E-state index in [0.29, 0.717) is 26.3 Å². The summed E-state index contributed by atoms with van der Waals surface area (Å²) in [5, 5.41) is 19.9. The molecule has 2 heterocycles. The monoisotopic (exact) mass is 422 g/mol. The summed E-state index contributed by atoms with van der Waals surface area (Å²) in [6.45, 7) is 3.95. The quantitative estimate of drug-likeness (QED) is 0.568. The minimum Gasteiger partial charge on any atom is -0.394 e. The maximum absolute atomic E-state index is 12.5. The Hall–Kier alpha value is -0.780. The summed E-state index contributed by atoms with van der Waals surface area (Å²) in [5.74, 6) is 0. The second-order valence-electron chi connectivity index (χ2n) is 6.69. The van der Waals surface area contributed by atoms with Gasteiger partial charge in [0.1, 0.15) is 12.2 Å². The molecule has 0 aliphatic carbocycles. The molecule has 3 rings (SSSR count). The van der Waals surface area contributed by atoms with Gasteiger partial charge in [0.25, 0.3) is 0 Å². The number of rotatable bonds is 6. The van der Waals surface area contributed by atoms with E-state index in [-0.39, 0.29) is 30.5 Å². The van der Waals surface area contributed by atoms with Gasteiger partial charge in [-0.05, 0) is 19.1 Å². The summed E-state index contributed by atoms with van der Waals surface area (Å²) in [5.41, 5.74) is 0.976. The van der Waals surface area contributed by atoms with Crippen molar-refractivity contribution in [1.82, 2.24) is 9.62 Å². The standard InChI is InChI=1S/C17H26N2O6S.ClH/c1-12-2-4-13(5-3-12)26(22,23)18-10-14-16(17(21)15(11-20)25-14)19-6-8-24-9-7-19;/h2-5,14-18,20-21H,6-11H2,1H3;1H/t14-,15+,16+,17-;/m1./s1. The van der Waals surface area contributed by atoms with Gasteiger partial charge in [0, 0.05) is 19.6 Å². The zero-order valence-electron chi connectivity index (χ0n) is 15.2. The highest BCUT2D eigenvalue weighted by molar-refractivity contribution is 7.89. The molecule has 4 atom stereocenters. The van der Waals surface area contributed by atoms with Crippen molar-refractivity contribution < 1.29 is 28.1 Å². The van der Waals surface area contributed by atoms with Crippen LogP contribution in [0.3, 0.4) is 0 Å². The molecule has 2 fully saturated rings. The van der Waals surface area contributed by atoms with Crippen LogP contribution in [0.25, 0.3) is 0 Å². The summed E-state index contributed by atoms with van der Waals surface area (Å²) in [7, 11) is -3.68. The molecule has 0 spiro atoms. The van der Waals surface area contributed by atoms with Crippen molar-refractivity contribution in [2.45, 2.75) is 36.2 Å². The van der Waals surface area contributed by atoms with Gasteiger partial charge in [0.2, 0.25) is 10.0 Å². The fourth-order valence-corrected chi connectivity index (χ4v) is 4.51. The fraction of sp³-hybridized carbons (Fsp3) is 0.647. The van der Waals surface area contributed by atoms with Crippen LogP contribution in [0, 0.1) is 6.92 Å². The predicted octanol–water partition coefficient (Wildman–Crippen LogP) is -0.483. The summed E-state index contributed by atoms with van der Waals surface area (Å²) in [4.78, 5) is 2.22. The average Bonchev–Trinajstić information content (AvgIpc) is 2.97. The highest BCUT2D eigenvalue weighted by Crippen LogP contribution is 2.26. The number of ether oxygens (including phenoxy) is 2. The minimum absolute atomic E-state index is 0. The van der Waals surface area contributed by atoms with E-state index in [1.165, 1.54) is 0 Å². The van der Waals surface area contributed by atoms with E-state index in [1.807, 2.05) is 11.8 Å². The number of sulfonamides is 1. The molecule has 0 bridgehead atoms. The van der Waals surface area contributed by atoms with Gasteiger partial charge in [-0.2, -0.15) is 0 Å². The van der Waals surface area contributed by atoms with Gasteiger partial charge in [-0.25, -0.2) is 13.1 Å². The van der Waals surface area contributed by atoms with Crippen molar-refractivity contribution in [3.05, 3.63) is 29.8 Å². The summed E-state index contributed by atoms with van der Waals surface area (Å²) >= 11 is 0. The normalized spacial score (nSPS) is 29.4. The third-order valence-corrected chi connectivity index (χ3v) is 6.35. The molecular weight excluding hydrogens is 396 g/mol. The maximum atomic E-state index is 12.5. The first kappa shape index (κ1) is 22.5. The number of hydrogen-bond donors (Lipinski definition) is 3. The number of hydrogen-bond acceptors (Lipinski definition) is 7.